The number of rotatable bonds is 4. The molecule has 0 saturated heterocycles. The molecule has 2 aromatic carbocycles. The Morgan fingerprint density at radius 1 is 1.17 bits per heavy atom. The third-order valence-corrected chi connectivity index (χ3v) is 5.62. The summed E-state index contributed by atoms with van der Waals surface area (Å²) in [5, 5.41) is 23.8. The van der Waals surface area contributed by atoms with Crippen molar-refractivity contribution >= 4 is 10.8 Å². The van der Waals surface area contributed by atoms with E-state index in [9.17, 15) is 10.2 Å². The molecule has 3 rings (SSSR count). The lowest BCUT2D eigenvalue weighted by Gasteiger charge is -2.44. The van der Waals surface area contributed by atoms with E-state index in [4.69, 9.17) is 4.74 Å². The fraction of sp³-hybridized carbons (Fsp3) is 0.500. The lowest BCUT2D eigenvalue weighted by atomic mass is 9.65. The zero-order valence-corrected chi connectivity index (χ0v) is 14.0. The van der Waals surface area contributed by atoms with Crippen LogP contribution in [0.25, 0.3) is 10.8 Å². The summed E-state index contributed by atoms with van der Waals surface area (Å²) in [6, 6.07) is 12.0. The molecule has 1 fully saturated rings. The number of benzene rings is 2. The van der Waals surface area contributed by atoms with Gasteiger partial charge in [0.2, 0.25) is 0 Å². The van der Waals surface area contributed by atoms with Crippen LogP contribution in [0.4, 0.5) is 0 Å². The van der Waals surface area contributed by atoms with Gasteiger partial charge < -0.3 is 14.9 Å². The molecule has 23 heavy (non-hydrogen) atoms. The van der Waals surface area contributed by atoms with Gasteiger partial charge in [-0.25, -0.2) is 0 Å². The first kappa shape index (κ1) is 16.3. The molecule has 124 valence electrons. The number of ether oxygens (including phenoxy) is 1. The van der Waals surface area contributed by atoms with Crippen molar-refractivity contribution in [2.75, 3.05) is 7.11 Å². The summed E-state index contributed by atoms with van der Waals surface area (Å²) in [5.41, 5.74) is 0.476. The molecule has 3 nitrogen and oxygen atoms in total. The summed E-state index contributed by atoms with van der Waals surface area (Å²) in [6.45, 7) is 2.07. The molecule has 1 aliphatic rings. The average molecular weight is 314 g/mol. The van der Waals surface area contributed by atoms with E-state index >= 15 is 0 Å². The second-order valence-corrected chi connectivity index (χ2v) is 6.72. The molecule has 0 bridgehead atoms. The highest BCUT2D eigenvalue weighted by molar-refractivity contribution is 5.84. The fourth-order valence-electron chi connectivity index (χ4n) is 4.04. The van der Waals surface area contributed by atoms with Crippen LogP contribution in [0.3, 0.4) is 0 Å². The highest BCUT2D eigenvalue weighted by Gasteiger charge is 2.44. The third-order valence-electron chi connectivity index (χ3n) is 5.62. The van der Waals surface area contributed by atoms with Crippen molar-refractivity contribution in [2.45, 2.75) is 51.2 Å². The molecule has 0 aromatic heterocycles. The Morgan fingerprint density at radius 3 is 2.61 bits per heavy atom. The average Bonchev–Trinajstić information content (AvgIpc) is 2.61. The van der Waals surface area contributed by atoms with Crippen molar-refractivity contribution < 1.29 is 14.9 Å². The van der Waals surface area contributed by atoms with Crippen molar-refractivity contribution in [3.8, 4) is 5.75 Å². The second kappa shape index (κ2) is 6.50. The van der Waals surface area contributed by atoms with Crippen LogP contribution < -0.4 is 4.74 Å². The van der Waals surface area contributed by atoms with E-state index < -0.39 is 17.6 Å². The molecule has 0 spiro atoms. The molecule has 2 N–H and O–H groups in total. The van der Waals surface area contributed by atoms with Gasteiger partial charge in [-0.15, -0.1) is 0 Å². The quantitative estimate of drug-likeness (QED) is 0.888. The van der Waals surface area contributed by atoms with Gasteiger partial charge in [-0.3, -0.25) is 0 Å². The van der Waals surface area contributed by atoms with Crippen molar-refractivity contribution in [2.24, 2.45) is 5.41 Å². The van der Waals surface area contributed by atoms with Crippen molar-refractivity contribution in [1.82, 2.24) is 0 Å². The Bertz CT molecular complexity index is 682. The summed E-state index contributed by atoms with van der Waals surface area (Å²) in [5.74, 6) is 0.832. The van der Waals surface area contributed by atoms with Gasteiger partial charge in [-0.05, 0) is 53.8 Å². The van der Waals surface area contributed by atoms with Crippen LogP contribution in [0.2, 0.25) is 0 Å². The van der Waals surface area contributed by atoms with Gasteiger partial charge in [-0.2, -0.15) is 0 Å². The maximum atomic E-state index is 11.0. The summed E-state index contributed by atoms with van der Waals surface area (Å²) in [6.07, 6.45) is 3.52. The number of hydrogen-bond donors (Lipinski definition) is 2. The minimum Gasteiger partial charge on any atom is -0.497 e. The van der Waals surface area contributed by atoms with Crippen LogP contribution in [-0.4, -0.2) is 23.4 Å². The molecular weight excluding hydrogens is 288 g/mol. The smallest absolute Gasteiger partial charge is 0.119 e. The Kier molecular flexibility index (Phi) is 4.60. The Hall–Kier alpha value is -1.58. The predicted octanol–water partition coefficient (Wildman–Crippen LogP) is 4.21. The highest BCUT2D eigenvalue weighted by atomic mass is 16.5. The number of fused-ring (bicyclic) bond motifs is 1. The van der Waals surface area contributed by atoms with E-state index in [1.807, 2.05) is 36.4 Å². The lowest BCUT2D eigenvalue weighted by molar-refractivity contribution is -0.0993. The number of aliphatic hydroxyl groups is 2. The van der Waals surface area contributed by atoms with Crippen LogP contribution >= 0.6 is 0 Å². The Balaban J connectivity index is 1.97. The number of hydrogen-bond acceptors (Lipinski definition) is 3. The van der Waals surface area contributed by atoms with E-state index in [1.165, 1.54) is 0 Å². The van der Waals surface area contributed by atoms with Gasteiger partial charge in [0.15, 0.2) is 0 Å². The maximum absolute atomic E-state index is 11.0. The van der Waals surface area contributed by atoms with Crippen LogP contribution in [0.5, 0.6) is 5.75 Å². The van der Waals surface area contributed by atoms with E-state index in [-0.39, 0.29) is 0 Å². The minimum absolute atomic E-state index is 0.418. The molecule has 3 atom stereocenters. The molecule has 0 aliphatic heterocycles. The van der Waals surface area contributed by atoms with E-state index in [0.29, 0.717) is 0 Å². The summed E-state index contributed by atoms with van der Waals surface area (Å²) in [7, 11) is 1.66. The second-order valence-electron chi connectivity index (χ2n) is 6.72. The zero-order valence-electron chi connectivity index (χ0n) is 14.0. The van der Waals surface area contributed by atoms with Crippen molar-refractivity contribution in [3.05, 3.63) is 42.0 Å². The van der Waals surface area contributed by atoms with Crippen LogP contribution in [0.1, 0.15) is 50.7 Å². The van der Waals surface area contributed by atoms with Gasteiger partial charge in [0, 0.05) is 5.41 Å². The van der Waals surface area contributed by atoms with Gasteiger partial charge in [0.1, 0.15) is 5.75 Å². The maximum Gasteiger partial charge on any atom is 0.119 e. The fourth-order valence-corrected chi connectivity index (χ4v) is 4.04. The van der Waals surface area contributed by atoms with Gasteiger partial charge in [-0.1, -0.05) is 38.0 Å². The molecule has 3 heteroatoms. The standard InChI is InChI=1S/C20H26O3/c1-3-20(11-5-4-6-18(20)21)19(22)16-8-7-15-13-17(23-2)10-9-14(15)12-16/h7-10,12-13,18-19,21-22H,3-6,11H2,1-2H3/t18-,19?,20-/m0/s1. The largest absolute Gasteiger partial charge is 0.497 e. The van der Waals surface area contributed by atoms with Gasteiger partial charge in [0.25, 0.3) is 0 Å². The summed E-state index contributed by atoms with van der Waals surface area (Å²) >= 11 is 0. The number of methoxy groups -OCH3 is 1. The van der Waals surface area contributed by atoms with Crippen LogP contribution in [0.15, 0.2) is 36.4 Å². The van der Waals surface area contributed by atoms with E-state index in [2.05, 4.69) is 6.92 Å². The summed E-state index contributed by atoms with van der Waals surface area (Å²) in [4.78, 5) is 0. The number of aliphatic hydroxyl groups excluding tert-OH is 2. The molecule has 2 aromatic rings. The Labute approximate surface area is 137 Å². The van der Waals surface area contributed by atoms with Crippen molar-refractivity contribution in [3.63, 3.8) is 0 Å². The third kappa shape index (κ3) is 2.84. The first-order valence-electron chi connectivity index (χ1n) is 8.54. The molecule has 0 heterocycles. The minimum atomic E-state index is -0.630. The molecule has 0 amide bonds. The van der Waals surface area contributed by atoms with E-state index in [0.717, 1.165) is 54.2 Å². The topological polar surface area (TPSA) is 49.7 Å². The van der Waals surface area contributed by atoms with Crippen LogP contribution in [-0.2, 0) is 0 Å². The molecule has 1 unspecified atom stereocenters. The van der Waals surface area contributed by atoms with Crippen LogP contribution in [0, 0.1) is 5.41 Å². The molecular formula is C20H26O3. The monoisotopic (exact) mass is 314 g/mol. The van der Waals surface area contributed by atoms with Crippen molar-refractivity contribution in [1.29, 1.82) is 0 Å². The molecule has 1 saturated carbocycles. The van der Waals surface area contributed by atoms with E-state index in [1.54, 1.807) is 7.11 Å². The lowest BCUT2D eigenvalue weighted by Crippen LogP contribution is -2.42. The first-order valence-corrected chi connectivity index (χ1v) is 8.54. The Morgan fingerprint density at radius 2 is 1.91 bits per heavy atom. The zero-order chi connectivity index (χ0) is 16.4. The van der Waals surface area contributed by atoms with Gasteiger partial charge >= 0.3 is 0 Å². The summed E-state index contributed by atoms with van der Waals surface area (Å²) < 4.78 is 5.26. The molecule has 0 radical (unpaired) electrons. The first-order chi connectivity index (χ1) is 11.1. The normalized spacial score (nSPS) is 26.2. The SMILES string of the molecule is CC[C@]1(C(O)c2ccc3cc(OC)ccc3c2)CCCC[C@@H]1O. The van der Waals surface area contributed by atoms with Gasteiger partial charge in [0.05, 0.1) is 19.3 Å². The predicted molar refractivity (Wildman–Crippen MR) is 92.7 cm³/mol. The highest BCUT2D eigenvalue weighted by Crippen LogP contribution is 2.48. The molecule has 1 aliphatic carbocycles.